The first-order valence-electron chi connectivity index (χ1n) is 9.59. The van der Waals surface area contributed by atoms with E-state index in [-0.39, 0.29) is 23.1 Å². The van der Waals surface area contributed by atoms with E-state index in [0.29, 0.717) is 22.7 Å². The zero-order valence-electron chi connectivity index (χ0n) is 17.2. The van der Waals surface area contributed by atoms with Gasteiger partial charge in [-0.05, 0) is 43.7 Å². The summed E-state index contributed by atoms with van der Waals surface area (Å²) in [5, 5.41) is 5.42. The number of methoxy groups -OCH3 is 1. The van der Waals surface area contributed by atoms with Gasteiger partial charge in [0.15, 0.2) is 0 Å². The highest BCUT2D eigenvalue weighted by Gasteiger charge is 2.57. The van der Waals surface area contributed by atoms with Crippen molar-refractivity contribution >= 4 is 40.9 Å². The van der Waals surface area contributed by atoms with E-state index in [2.05, 4.69) is 10.6 Å². The van der Waals surface area contributed by atoms with Gasteiger partial charge in [0, 0.05) is 22.9 Å². The normalized spacial score (nSPS) is 21.1. The molecule has 2 aromatic carbocycles. The molecule has 2 N–H and O–H groups in total. The zero-order chi connectivity index (χ0) is 21.6. The van der Waals surface area contributed by atoms with Crippen molar-refractivity contribution in [3.8, 4) is 5.75 Å². The van der Waals surface area contributed by atoms with E-state index < -0.39 is 10.8 Å². The molecule has 2 aliphatic heterocycles. The SMILES string of the molecule is COc1ccc(NC(C)=O)cc1NC(=O)[C@H]1N2C(=O)c3ccccc3[C@@H]2SC1(C)C. The predicted octanol–water partition coefficient (Wildman–Crippen LogP) is 3.64. The van der Waals surface area contributed by atoms with Gasteiger partial charge in [-0.15, -0.1) is 11.8 Å². The molecular weight excluding hydrogens is 402 g/mol. The van der Waals surface area contributed by atoms with Crippen molar-refractivity contribution in [2.75, 3.05) is 17.7 Å². The van der Waals surface area contributed by atoms with Crippen molar-refractivity contribution in [3.05, 3.63) is 53.6 Å². The van der Waals surface area contributed by atoms with Crippen LogP contribution in [0, 0.1) is 0 Å². The molecule has 1 saturated heterocycles. The zero-order valence-corrected chi connectivity index (χ0v) is 18.0. The summed E-state index contributed by atoms with van der Waals surface area (Å²) >= 11 is 1.61. The summed E-state index contributed by atoms with van der Waals surface area (Å²) in [6.07, 6.45) is 0. The summed E-state index contributed by atoms with van der Waals surface area (Å²) in [4.78, 5) is 39.6. The molecule has 0 aromatic heterocycles. The van der Waals surface area contributed by atoms with Gasteiger partial charge in [-0.25, -0.2) is 0 Å². The third-order valence-electron chi connectivity index (χ3n) is 5.32. The standard InChI is InChI=1S/C22H23N3O4S/c1-12(26)23-13-9-10-17(29-4)16(11-13)24-19(27)18-22(2,3)30-21-15-8-6-5-7-14(15)20(28)25(18)21/h5-11,18,21H,1-4H3,(H,23,26)(H,24,27)/t18-,21+/m1/s1. The van der Waals surface area contributed by atoms with E-state index in [1.54, 1.807) is 40.9 Å². The van der Waals surface area contributed by atoms with Gasteiger partial charge in [-0.3, -0.25) is 14.4 Å². The third kappa shape index (κ3) is 3.31. The van der Waals surface area contributed by atoms with Crippen LogP contribution >= 0.6 is 11.8 Å². The van der Waals surface area contributed by atoms with Gasteiger partial charge < -0.3 is 20.3 Å². The highest BCUT2D eigenvalue weighted by atomic mass is 32.2. The molecule has 0 saturated carbocycles. The van der Waals surface area contributed by atoms with Crippen LogP contribution in [-0.2, 0) is 9.59 Å². The summed E-state index contributed by atoms with van der Waals surface area (Å²) in [5.74, 6) is -0.176. The fraction of sp³-hybridized carbons (Fsp3) is 0.318. The van der Waals surface area contributed by atoms with Crippen LogP contribution in [-0.4, -0.2) is 40.5 Å². The highest BCUT2D eigenvalue weighted by molar-refractivity contribution is 8.01. The number of nitrogens with zero attached hydrogens (tertiary/aromatic N) is 1. The minimum atomic E-state index is -0.665. The molecule has 2 aromatic rings. The second-order valence-electron chi connectivity index (χ2n) is 7.86. The van der Waals surface area contributed by atoms with Gasteiger partial charge in [0.2, 0.25) is 11.8 Å². The molecule has 2 heterocycles. The number of anilines is 2. The predicted molar refractivity (Wildman–Crippen MR) is 117 cm³/mol. The summed E-state index contributed by atoms with van der Waals surface area (Å²) in [7, 11) is 1.51. The second-order valence-corrected chi connectivity index (χ2v) is 9.60. The molecule has 30 heavy (non-hydrogen) atoms. The first-order valence-corrected chi connectivity index (χ1v) is 10.5. The largest absolute Gasteiger partial charge is 0.495 e. The summed E-state index contributed by atoms with van der Waals surface area (Å²) < 4.78 is 4.88. The van der Waals surface area contributed by atoms with Crippen LogP contribution in [0.1, 0.15) is 42.1 Å². The molecule has 156 valence electrons. The van der Waals surface area contributed by atoms with Gasteiger partial charge in [0.1, 0.15) is 17.2 Å². The molecule has 7 nitrogen and oxygen atoms in total. The lowest BCUT2D eigenvalue weighted by molar-refractivity contribution is -0.121. The molecule has 4 rings (SSSR count). The number of nitrogens with one attached hydrogen (secondary N) is 2. The topological polar surface area (TPSA) is 87.7 Å². The van der Waals surface area contributed by atoms with E-state index in [4.69, 9.17) is 4.74 Å². The Balaban J connectivity index is 1.65. The Hall–Kier alpha value is -3.00. The number of amides is 3. The summed E-state index contributed by atoms with van der Waals surface area (Å²) in [5.41, 5.74) is 2.57. The lowest BCUT2D eigenvalue weighted by Gasteiger charge is -2.29. The Bertz CT molecular complexity index is 1050. The van der Waals surface area contributed by atoms with Crippen molar-refractivity contribution in [1.82, 2.24) is 4.90 Å². The molecule has 0 aliphatic carbocycles. The molecule has 2 atom stereocenters. The second kappa shape index (κ2) is 7.36. The van der Waals surface area contributed by atoms with Gasteiger partial charge in [0.25, 0.3) is 5.91 Å². The van der Waals surface area contributed by atoms with Gasteiger partial charge in [-0.1, -0.05) is 18.2 Å². The van der Waals surface area contributed by atoms with Crippen molar-refractivity contribution in [3.63, 3.8) is 0 Å². The first-order chi connectivity index (χ1) is 14.2. The molecule has 0 spiro atoms. The fourth-order valence-corrected chi connectivity index (χ4v) is 5.68. The molecule has 2 aliphatic rings. The lowest BCUT2D eigenvalue weighted by atomic mass is 10.0. The fourth-order valence-electron chi connectivity index (χ4n) is 4.09. The van der Waals surface area contributed by atoms with Crippen molar-refractivity contribution in [1.29, 1.82) is 0 Å². The smallest absolute Gasteiger partial charge is 0.256 e. The Morgan fingerprint density at radius 1 is 1.13 bits per heavy atom. The van der Waals surface area contributed by atoms with Crippen LogP contribution in [0.2, 0.25) is 0 Å². The first kappa shape index (κ1) is 20.3. The van der Waals surface area contributed by atoms with Crippen LogP contribution in [0.4, 0.5) is 11.4 Å². The number of carbonyl (C=O) groups excluding carboxylic acids is 3. The minimum Gasteiger partial charge on any atom is -0.495 e. The Morgan fingerprint density at radius 3 is 2.57 bits per heavy atom. The van der Waals surface area contributed by atoms with Crippen molar-refractivity contribution < 1.29 is 19.1 Å². The van der Waals surface area contributed by atoms with Crippen LogP contribution in [0.3, 0.4) is 0 Å². The number of fused-ring (bicyclic) bond motifs is 3. The molecule has 3 amide bonds. The van der Waals surface area contributed by atoms with E-state index >= 15 is 0 Å². The number of rotatable bonds is 4. The number of ether oxygens (including phenoxy) is 1. The van der Waals surface area contributed by atoms with Crippen molar-refractivity contribution in [2.45, 2.75) is 36.9 Å². The van der Waals surface area contributed by atoms with E-state index in [0.717, 1.165) is 5.56 Å². The van der Waals surface area contributed by atoms with Crippen molar-refractivity contribution in [2.24, 2.45) is 0 Å². The lowest BCUT2D eigenvalue weighted by Crippen LogP contribution is -2.50. The van der Waals surface area contributed by atoms with Gasteiger partial charge in [0.05, 0.1) is 12.8 Å². The van der Waals surface area contributed by atoms with Crippen LogP contribution < -0.4 is 15.4 Å². The Morgan fingerprint density at radius 2 is 1.87 bits per heavy atom. The van der Waals surface area contributed by atoms with E-state index in [1.165, 1.54) is 14.0 Å². The summed E-state index contributed by atoms with van der Waals surface area (Å²) in [6.45, 7) is 5.36. The minimum absolute atomic E-state index is 0.132. The number of thioether (sulfide) groups is 1. The molecule has 8 heteroatoms. The average Bonchev–Trinajstić information content (AvgIpc) is 3.11. The monoisotopic (exact) mass is 425 g/mol. The van der Waals surface area contributed by atoms with Crippen LogP contribution in [0.25, 0.3) is 0 Å². The number of benzene rings is 2. The Kier molecular flexibility index (Phi) is 4.97. The van der Waals surface area contributed by atoms with E-state index in [1.807, 2.05) is 32.0 Å². The maximum Gasteiger partial charge on any atom is 0.256 e. The molecular formula is C22H23N3O4S. The average molecular weight is 426 g/mol. The van der Waals surface area contributed by atoms with Gasteiger partial charge in [-0.2, -0.15) is 0 Å². The highest BCUT2D eigenvalue weighted by Crippen LogP contribution is 2.56. The van der Waals surface area contributed by atoms with Crippen LogP contribution in [0.15, 0.2) is 42.5 Å². The maximum atomic E-state index is 13.4. The molecule has 1 fully saturated rings. The number of hydrogen-bond acceptors (Lipinski definition) is 5. The van der Waals surface area contributed by atoms with Crippen LogP contribution in [0.5, 0.6) is 5.75 Å². The van der Waals surface area contributed by atoms with Gasteiger partial charge >= 0.3 is 0 Å². The Labute approximate surface area is 179 Å². The quantitative estimate of drug-likeness (QED) is 0.781. The molecule has 0 unspecified atom stereocenters. The third-order valence-corrected chi connectivity index (χ3v) is 6.86. The van der Waals surface area contributed by atoms with E-state index in [9.17, 15) is 14.4 Å². The number of carbonyl (C=O) groups is 3. The summed E-state index contributed by atoms with van der Waals surface area (Å²) in [6, 6.07) is 11.8. The molecule has 0 radical (unpaired) electrons. The number of hydrogen-bond donors (Lipinski definition) is 2. The molecule has 0 bridgehead atoms. The maximum absolute atomic E-state index is 13.4.